The lowest BCUT2D eigenvalue weighted by Gasteiger charge is -2.34. The maximum absolute atomic E-state index is 11.1. The van der Waals surface area contributed by atoms with Gasteiger partial charge in [-0.2, -0.15) is 0 Å². The van der Waals surface area contributed by atoms with Crippen LogP contribution in [0.25, 0.3) is 0 Å². The van der Waals surface area contributed by atoms with Crippen molar-refractivity contribution in [2.75, 3.05) is 0 Å². The lowest BCUT2D eigenvalue weighted by Crippen LogP contribution is -2.42. The fraction of sp³-hybridized carbons (Fsp3) is 0.500. The molecule has 0 unspecified atom stereocenters. The van der Waals surface area contributed by atoms with Gasteiger partial charge in [0.25, 0.3) is 0 Å². The van der Waals surface area contributed by atoms with Crippen molar-refractivity contribution in [1.29, 1.82) is 0 Å². The highest BCUT2D eigenvalue weighted by Gasteiger charge is 2.38. The lowest BCUT2D eigenvalue weighted by molar-refractivity contribution is -0.112. The summed E-state index contributed by atoms with van der Waals surface area (Å²) in [7, 11) is 0. The van der Waals surface area contributed by atoms with Gasteiger partial charge in [0, 0.05) is 12.1 Å². The van der Waals surface area contributed by atoms with Crippen molar-refractivity contribution in [2.24, 2.45) is 0 Å². The molecule has 2 rings (SSSR count). The van der Waals surface area contributed by atoms with Gasteiger partial charge in [-0.1, -0.05) is 30.3 Å². The third-order valence-corrected chi connectivity index (χ3v) is 3.58. The van der Waals surface area contributed by atoms with Crippen molar-refractivity contribution < 1.29 is 4.79 Å². The number of aldehydes is 1. The predicted octanol–water partition coefficient (Wildman–Crippen LogP) is 2.63. The molecule has 1 aromatic rings. The Morgan fingerprint density at radius 2 is 2.06 bits per heavy atom. The minimum Gasteiger partial charge on any atom is -0.302 e. The third-order valence-electron chi connectivity index (χ3n) is 3.58. The number of benzene rings is 1. The standard InChI is InChI=1S/C14H19NO/c1-14(2)9-8-13(11-16)15(14)10-12-6-4-3-5-7-12/h3-7,11,13H,8-10H2,1-2H3/t13-/m0/s1. The van der Waals surface area contributed by atoms with Crippen LogP contribution in [-0.4, -0.2) is 22.8 Å². The van der Waals surface area contributed by atoms with Gasteiger partial charge in [0.15, 0.2) is 0 Å². The molecule has 0 amide bonds. The first-order valence-electron chi connectivity index (χ1n) is 5.89. The highest BCUT2D eigenvalue weighted by Crippen LogP contribution is 2.33. The van der Waals surface area contributed by atoms with Gasteiger partial charge in [0.05, 0.1) is 6.04 Å². The van der Waals surface area contributed by atoms with Crippen LogP contribution in [0.3, 0.4) is 0 Å². The molecule has 0 aliphatic carbocycles. The molecule has 0 aromatic heterocycles. The molecule has 1 fully saturated rings. The average Bonchev–Trinajstić information content (AvgIpc) is 2.56. The van der Waals surface area contributed by atoms with Crippen LogP contribution in [0.5, 0.6) is 0 Å². The minimum absolute atomic E-state index is 0.0928. The van der Waals surface area contributed by atoms with Crippen molar-refractivity contribution >= 4 is 6.29 Å². The maximum Gasteiger partial charge on any atom is 0.137 e. The molecule has 2 nitrogen and oxygen atoms in total. The topological polar surface area (TPSA) is 20.3 Å². The number of likely N-dealkylation sites (tertiary alicyclic amines) is 1. The highest BCUT2D eigenvalue weighted by molar-refractivity contribution is 5.58. The van der Waals surface area contributed by atoms with Gasteiger partial charge in [0.2, 0.25) is 0 Å². The van der Waals surface area contributed by atoms with E-state index in [1.165, 1.54) is 5.56 Å². The van der Waals surface area contributed by atoms with E-state index in [1.807, 2.05) is 18.2 Å². The second kappa shape index (κ2) is 4.38. The zero-order valence-electron chi connectivity index (χ0n) is 10.0. The fourth-order valence-corrected chi connectivity index (χ4v) is 2.50. The fourth-order valence-electron chi connectivity index (χ4n) is 2.50. The molecule has 1 aliphatic heterocycles. The van der Waals surface area contributed by atoms with Crippen molar-refractivity contribution in [3.8, 4) is 0 Å². The van der Waals surface area contributed by atoms with E-state index in [-0.39, 0.29) is 11.6 Å². The van der Waals surface area contributed by atoms with Crippen molar-refractivity contribution in [1.82, 2.24) is 4.90 Å². The van der Waals surface area contributed by atoms with Gasteiger partial charge in [-0.05, 0) is 32.3 Å². The molecule has 1 heterocycles. The summed E-state index contributed by atoms with van der Waals surface area (Å²) in [4.78, 5) is 13.4. The second-order valence-electron chi connectivity index (χ2n) is 5.17. The normalized spacial score (nSPS) is 24.5. The van der Waals surface area contributed by atoms with E-state index in [2.05, 4.69) is 30.9 Å². The van der Waals surface area contributed by atoms with Crippen LogP contribution in [0.15, 0.2) is 30.3 Å². The van der Waals surface area contributed by atoms with Crippen molar-refractivity contribution in [3.63, 3.8) is 0 Å². The summed E-state index contributed by atoms with van der Waals surface area (Å²) in [5, 5.41) is 0. The van der Waals surface area contributed by atoms with Crippen LogP contribution in [0.2, 0.25) is 0 Å². The Hall–Kier alpha value is -1.15. The highest BCUT2D eigenvalue weighted by atomic mass is 16.1. The van der Waals surface area contributed by atoms with Crippen LogP contribution in [0.4, 0.5) is 0 Å². The van der Waals surface area contributed by atoms with Gasteiger partial charge < -0.3 is 4.79 Å². The molecule has 16 heavy (non-hydrogen) atoms. The quantitative estimate of drug-likeness (QED) is 0.725. The van der Waals surface area contributed by atoms with Crippen LogP contribution in [0, 0.1) is 0 Å². The number of nitrogens with zero attached hydrogens (tertiary/aromatic N) is 1. The summed E-state index contributed by atoms with van der Waals surface area (Å²) < 4.78 is 0. The predicted molar refractivity (Wildman–Crippen MR) is 65.2 cm³/mol. The van der Waals surface area contributed by atoms with E-state index >= 15 is 0 Å². The Bertz CT molecular complexity index is 358. The van der Waals surface area contributed by atoms with E-state index in [1.54, 1.807) is 0 Å². The third kappa shape index (κ3) is 2.17. The zero-order valence-corrected chi connectivity index (χ0v) is 10.0. The van der Waals surface area contributed by atoms with Crippen molar-refractivity contribution in [2.45, 2.75) is 44.8 Å². The maximum atomic E-state index is 11.1. The molecule has 0 saturated carbocycles. The first-order chi connectivity index (χ1) is 7.63. The molecule has 86 valence electrons. The molecule has 0 bridgehead atoms. The van der Waals surface area contributed by atoms with E-state index < -0.39 is 0 Å². The van der Waals surface area contributed by atoms with Crippen molar-refractivity contribution in [3.05, 3.63) is 35.9 Å². The first kappa shape index (κ1) is 11.3. The molecular formula is C14H19NO. The number of carbonyl (C=O) groups excluding carboxylic acids is 1. The molecule has 1 aliphatic rings. The first-order valence-corrected chi connectivity index (χ1v) is 5.89. The second-order valence-corrected chi connectivity index (χ2v) is 5.17. The van der Waals surface area contributed by atoms with Crippen LogP contribution < -0.4 is 0 Å². The zero-order chi connectivity index (χ0) is 11.6. The SMILES string of the molecule is CC1(C)CC[C@@H](C=O)N1Cc1ccccc1. The number of hydrogen-bond acceptors (Lipinski definition) is 2. The van der Waals surface area contributed by atoms with E-state index in [4.69, 9.17) is 0 Å². The molecule has 0 N–H and O–H groups in total. The molecule has 2 heteroatoms. The summed E-state index contributed by atoms with van der Waals surface area (Å²) in [6, 6.07) is 10.5. The van der Waals surface area contributed by atoms with Gasteiger partial charge in [-0.15, -0.1) is 0 Å². The largest absolute Gasteiger partial charge is 0.302 e. The minimum atomic E-state index is 0.0928. The van der Waals surface area contributed by atoms with Gasteiger partial charge in [-0.3, -0.25) is 4.90 Å². The Balaban J connectivity index is 2.15. The Kier molecular flexibility index (Phi) is 3.10. The number of rotatable bonds is 3. The summed E-state index contributed by atoms with van der Waals surface area (Å²) in [6.45, 7) is 5.32. The Labute approximate surface area is 97.3 Å². The molecule has 1 aromatic carbocycles. The Morgan fingerprint density at radius 3 is 2.69 bits per heavy atom. The van der Waals surface area contributed by atoms with E-state index in [9.17, 15) is 4.79 Å². The summed E-state index contributed by atoms with van der Waals surface area (Å²) in [6.07, 6.45) is 3.18. The number of carbonyl (C=O) groups is 1. The average molecular weight is 217 g/mol. The van der Waals surface area contributed by atoms with Crippen LogP contribution >= 0.6 is 0 Å². The Morgan fingerprint density at radius 1 is 1.38 bits per heavy atom. The monoisotopic (exact) mass is 217 g/mol. The molecule has 1 saturated heterocycles. The van der Waals surface area contributed by atoms with Crippen LogP contribution in [-0.2, 0) is 11.3 Å². The van der Waals surface area contributed by atoms with E-state index in [0.717, 1.165) is 25.7 Å². The molecular weight excluding hydrogens is 198 g/mol. The van der Waals surface area contributed by atoms with Gasteiger partial charge >= 0.3 is 0 Å². The lowest BCUT2D eigenvalue weighted by atomic mass is 10.0. The summed E-state index contributed by atoms with van der Waals surface area (Å²) in [5.74, 6) is 0. The molecule has 0 spiro atoms. The summed E-state index contributed by atoms with van der Waals surface area (Å²) >= 11 is 0. The smallest absolute Gasteiger partial charge is 0.137 e. The molecule has 1 atom stereocenters. The van der Waals surface area contributed by atoms with Gasteiger partial charge in [-0.25, -0.2) is 0 Å². The van der Waals surface area contributed by atoms with Crippen LogP contribution in [0.1, 0.15) is 32.3 Å². The number of hydrogen-bond donors (Lipinski definition) is 0. The van der Waals surface area contributed by atoms with E-state index in [0.29, 0.717) is 0 Å². The molecule has 0 radical (unpaired) electrons. The summed E-state index contributed by atoms with van der Waals surface area (Å²) in [5.41, 5.74) is 1.42. The van der Waals surface area contributed by atoms with Gasteiger partial charge in [0.1, 0.15) is 6.29 Å².